The summed E-state index contributed by atoms with van der Waals surface area (Å²) in [6.45, 7) is 10.4. The summed E-state index contributed by atoms with van der Waals surface area (Å²) in [6.07, 6.45) is 9.97. The largest absolute Gasteiger partial charge is 0.257 e. The van der Waals surface area contributed by atoms with Crippen LogP contribution < -0.4 is 0 Å². The van der Waals surface area contributed by atoms with Crippen LogP contribution in [0.2, 0.25) is 0 Å². The minimum atomic E-state index is 1.07. The molecule has 0 N–H and O–H groups in total. The Labute approximate surface area is 112 Å². The summed E-state index contributed by atoms with van der Waals surface area (Å²) in [7, 11) is 0. The highest BCUT2D eigenvalue weighted by molar-refractivity contribution is 5.62. The predicted molar refractivity (Wildman–Crippen MR) is 80.5 cm³/mol. The van der Waals surface area contributed by atoms with Crippen LogP contribution in [0.25, 0.3) is 5.57 Å². The third kappa shape index (κ3) is 5.31. The second-order valence-electron chi connectivity index (χ2n) is 5.05. The van der Waals surface area contributed by atoms with E-state index in [0.29, 0.717) is 0 Å². The lowest BCUT2D eigenvalue weighted by Gasteiger charge is -2.07. The van der Waals surface area contributed by atoms with E-state index in [-0.39, 0.29) is 0 Å². The van der Waals surface area contributed by atoms with Gasteiger partial charge in [0.1, 0.15) is 0 Å². The molecule has 1 heteroatoms. The van der Waals surface area contributed by atoms with Crippen molar-refractivity contribution in [2.45, 2.75) is 52.9 Å². The molecule has 18 heavy (non-hydrogen) atoms. The number of allylic oxidation sites excluding steroid dienone is 3. The SMILES string of the molecule is C=C(C)CCC=C(CCCC)c1cc(C)ccn1. The zero-order valence-electron chi connectivity index (χ0n) is 12.0. The lowest BCUT2D eigenvalue weighted by Crippen LogP contribution is -1.91. The van der Waals surface area contributed by atoms with Gasteiger partial charge in [-0.2, -0.15) is 0 Å². The smallest absolute Gasteiger partial charge is 0.0661 e. The molecule has 1 heterocycles. The van der Waals surface area contributed by atoms with Crippen LogP contribution in [-0.2, 0) is 0 Å². The van der Waals surface area contributed by atoms with E-state index in [1.54, 1.807) is 0 Å². The highest BCUT2D eigenvalue weighted by Crippen LogP contribution is 2.21. The number of aryl methyl sites for hydroxylation is 1. The molecule has 0 aromatic carbocycles. The van der Waals surface area contributed by atoms with Crippen molar-refractivity contribution in [2.75, 3.05) is 0 Å². The van der Waals surface area contributed by atoms with E-state index in [0.717, 1.165) is 25.0 Å². The maximum Gasteiger partial charge on any atom is 0.0661 e. The molecule has 1 nitrogen and oxygen atoms in total. The lowest BCUT2D eigenvalue weighted by molar-refractivity contribution is 0.818. The molecule has 0 bridgehead atoms. The van der Waals surface area contributed by atoms with Crippen LogP contribution in [0, 0.1) is 6.92 Å². The van der Waals surface area contributed by atoms with Gasteiger partial charge in [0.2, 0.25) is 0 Å². The fraction of sp³-hybridized carbons (Fsp3) is 0.471. The number of unbranched alkanes of at least 4 members (excludes halogenated alkanes) is 1. The van der Waals surface area contributed by atoms with Crippen molar-refractivity contribution >= 4 is 5.57 Å². The molecule has 1 rings (SSSR count). The Balaban J connectivity index is 2.79. The van der Waals surface area contributed by atoms with Crippen LogP contribution in [-0.4, -0.2) is 4.98 Å². The van der Waals surface area contributed by atoms with Gasteiger partial charge in [-0.05, 0) is 62.8 Å². The summed E-state index contributed by atoms with van der Waals surface area (Å²) in [5.41, 5.74) is 5.06. The number of rotatable bonds is 7. The fourth-order valence-corrected chi connectivity index (χ4v) is 1.91. The van der Waals surface area contributed by atoms with Crippen molar-refractivity contribution in [3.05, 3.63) is 47.8 Å². The Morgan fingerprint density at radius 3 is 2.78 bits per heavy atom. The molecule has 0 amide bonds. The van der Waals surface area contributed by atoms with Crippen molar-refractivity contribution in [2.24, 2.45) is 0 Å². The Kier molecular flexibility index (Phi) is 6.42. The molecule has 1 aromatic rings. The van der Waals surface area contributed by atoms with Crippen LogP contribution in [0.15, 0.2) is 36.6 Å². The second-order valence-corrected chi connectivity index (χ2v) is 5.05. The van der Waals surface area contributed by atoms with E-state index in [1.165, 1.54) is 29.6 Å². The molecular formula is C17H25N. The van der Waals surface area contributed by atoms with Crippen molar-refractivity contribution in [3.63, 3.8) is 0 Å². The van der Waals surface area contributed by atoms with Gasteiger partial charge >= 0.3 is 0 Å². The maximum absolute atomic E-state index is 4.50. The molecule has 0 aliphatic rings. The first-order chi connectivity index (χ1) is 8.63. The van der Waals surface area contributed by atoms with Crippen LogP contribution in [0.4, 0.5) is 0 Å². The summed E-state index contributed by atoms with van der Waals surface area (Å²) >= 11 is 0. The fourth-order valence-electron chi connectivity index (χ4n) is 1.91. The molecule has 0 spiro atoms. The standard InChI is InChI=1S/C17H25N/c1-5-6-9-16(10-7-8-14(2)3)17-13-15(4)11-12-18-17/h10-13H,2,5-9H2,1,3-4H3. The molecule has 1 aromatic heterocycles. The first-order valence-electron chi connectivity index (χ1n) is 6.90. The van der Waals surface area contributed by atoms with Gasteiger partial charge in [0, 0.05) is 6.20 Å². The van der Waals surface area contributed by atoms with Gasteiger partial charge in [0.25, 0.3) is 0 Å². The Morgan fingerprint density at radius 2 is 2.17 bits per heavy atom. The maximum atomic E-state index is 4.50. The number of nitrogens with zero attached hydrogens (tertiary/aromatic N) is 1. The van der Waals surface area contributed by atoms with Crippen molar-refractivity contribution in [3.8, 4) is 0 Å². The van der Waals surface area contributed by atoms with Crippen LogP contribution >= 0.6 is 0 Å². The van der Waals surface area contributed by atoms with Crippen molar-refractivity contribution < 1.29 is 0 Å². The highest BCUT2D eigenvalue weighted by atomic mass is 14.7. The van der Waals surface area contributed by atoms with Crippen LogP contribution in [0.5, 0.6) is 0 Å². The highest BCUT2D eigenvalue weighted by Gasteiger charge is 2.03. The minimum absolute atomic E-state index is 1.07. The van der Waals surface area contributed by atoms with Gasteiger partial charge in [-0.15, -0.1) is 6.58 Å². The molecule has 0 unspecified atom stereocenters. The summed E-state index contributed by atoms with van der Waals surface area (Å²) in [5.74, 6) is 0. The van der Waals surface area contributed by atoms with E-state index in [4.69, 9.17) is 0 Å². The predicted octanol–water partition coefficient (Wildman–Crippen LogP) is 5.32. The molecule has 0 radical (unpaired) electrons. The number of hydrogen-bond acceptors (Lipinski definition) is 1. The minimum Gasteiger partial charge on any atom is -0.257 e. The van der Waals surface area contributed by atoms with Gasteiger partial charge in [-0.25, -0.2) is 0 Å². The first-order valence-corrected chi connectivity index (χ1v) is 6.90. The van der Waals surface area contributed by atoms with E-state index in [2.05, 4.69) is 50.5 Å². The molecule has 0 saturated carbocycles. The Bertz CT molecular complexity index is 415. The molecule has 0 fully saturated rings. The summed E-state index contributed by atoms with van der Waals surface area (Å²) in [5, 5.41) is 0. The Hall–Kier alpha value is -1.37. The second kappa shape index (κ2) is 7.86. The number of pyridine rings is 1. The van der Waals surface area contributed by atoms with Crippen molar-refractivity contribution in [1.29, 1.82) is 0 Å². The molecule has 0 aliphatic heterocycles. The van der Waals surface area contributed by atoms with Gasteiger partial charge < -0.3 is 0 Å². The normalized spacial score (nSPS) is 11.6. The van der Waals surface area contributed by atoms with Crippen LogP contribution in [0.1, 0.15) is 57.2 Å². The van der Waals surface area contributed by atoms with Crippen LogP contribution in [0.3, 0.4) is 0 Å². The van der Waals surface area contributed by atoms with Crippen molar-refractivity contribution in [1.82, 2.24) is 4.98 Å². The molecular weight excluding hydrogens is 218 g/mol. The number of hydrogen-bond donors (Lipinski definition) is 0. The molecule has 0 saturated heterocycles. The van der Waals surface area contributed by atoms with E-state index < -0.39 is 0 Å². The first kappa shape index (κ1) is 14.7. The molecule has 0 atom stereocenters. The molecule has 0 aliphatic carbocycles. The van der Waals surface area contributed by atoms with E-state index in [9.17, 15) is 0 Å². The zero-order chi connectivity index (χ0) is 13.4. The third-order valence-corrected chi connectivity index (χ3v) is 3.01. The monoisotopic (exact) mass is 243 g/mol. The van der Waals surface area contributed by atoms with E-state index >= 15 is 0 Å². The number of aromatic nitrogens is 1. The van der Waals surface area contributed by atoms with Gasteiger partial charge in [0.05, 0.1) is 5.69 Å². The average Bonchev–Trinajstić information content (AvgIpc) is 2.33. The van der Waals surface area contributed by atoms with Gasteiger partial charge in [0.15, 0.2) is 0 Å². The Morgan fingerprint density at radius 1 is 1.39 bits per heavy atom. The topological polar surface area (TPSA) is 12.9 Å². The summed E-state index contributed by atoms with van der Waals surface area (Å²) in [4.78, 5) is 4.50. The van der Waals surface area contributed by atoms with Gasteiger partial charge in [-0.3, -0.25) is 4.98 Å². The quantitative estimate of drug-likeness (QED) is 0.591. The summed E-state index contributed by atoms with van der Waals surface area (Å²) in [6, 6.07) is 4.23. The lowest BCUT2D eigenvalue weighted by atomic mass is 10.0. The average molecular weight is 243 g/mol. The summed E-state index contributed by atoms with van der Waals surface area (Å²) < 4.78 is 0. The third-order valence-electron chi connectivity index (χ3n) is 3.01. The van der Waals surface area contributed by atoms with Gasteiger partial charge in [-0.1, -0.05) is 25.0 Å². The van der Waals surface area contributed by atoms with E-state index in [1.807, 2.05) is 6.20 Å². The molecule has 98 valence electrons. The zero-order valence-corrected chi connectivity index (χ0v) is 12.0.